The van der Waals surface area contributed by atoms with Gasteiger partial charge >= 0.3 is 5.97 Å². The number of esters is 1. The Balaban J connectivity index is 1.20. The minimum atomic E-state index is -0.512. The molecule has 0 spiro atoms. The van der Waals surface area contributed by atoms with Crippen LogP contribution in [-0.4, -0.2) is 27.9 Å². The molecule has 168 valence electrons. The normalized spacial score (nSPS) is 30.7. The Kier molecular flexibility index (Phi) is 4.74. The van der Waals surface area contributed by atoms with Crippen LogP contribution in [0.15, 0.2) is 23.0 Å². The van der Waals surface area contributed by atoms with Crippen molar-refractivity contribution in [1.29, 1.82) is 0 Å². The van der Waals surface area contributed by atoms with Crippen LogP contribution < -0.4 is 5.56 Å². The highest BCUT2D eigenvalue weighted by Crippen LogP contribution is 2.60. The Hall–Kier alpha value is -2.50. The molecule has 4 fully saturated rings. The van der Waals surface area contributed by atoms with E-state index in [1.807, 2.05) is 0 Å². The van der Waals surface area contributed by atoms with E-state index in [9.17, 15) is 14.4 Å². The molecule has 4 aliphatic carbocycles. The maximum absolute atomic E-state index is 13.1. The fraction of sp³-hybridized carbons (Fsp3) is 0.615. The first-order valence-corrected chi connectivity index (χ1v) is 12.2. The number of carbonyl (C=O) groups excluding carboxylic acids is 2. The second-order valence-electron chi connectivity index (χ2n) is 10.7. The molecule has 32 heavy (non-hydrogen) atoms. The predicted octanol–water partition coefficient (Wildman–Crippen LogP) is 4.07. The van der Waals surface area contributed by atoms with Crippen molar-refractivity contribution in [3.05, 3.63) is 39.9 Å². The molecule has 0 radical (unpaired) electrons. The third-order valence-corrected chi connectivity index (χ3v) is 8.52. The van der Waals surface area contributed by atoms with E-state index >= 15 is 0 Å². The molecule has 1 aliphatic heterocycles. The van der Waals surface area contributed by atoms with Gasteiger partial charge in [0.2, 0.25) is 0 Å². The summed E-state index contributed by atoms with van der Waals surface area (Å²) in [5, 5.41) is 0.525. The SMILES string of the molecule is O=C(OCC(=O)C12CC3CC(CC(C3)C1)C2)c1ccc2c(=O)n3c(nc2c1)CCCCC3. The summed E-state index contributed by atoms with van der Waals surface area (Å²) in [5.74, 6) is 2.43. The van der Waals surface area contributed by atoms with Gasteiger partial charge in [0.15, 0.2) is 12.4 Å². The van der Waals surface area contributed by atoms with E-state index in [2.05, 4.69) is 4.98 Å². The molecule has 4 bridgehead atoms. The molecule has 0 atom stereocenters. The van der Waals surface area contributed by atoms with Gasteiger partial charge in [-0.1, -0.05) is 6.42 Å². The number of nitrogens with zero attached hydrogens (tertiary/aromatic N) is 2. The molecule has 6 heteroatoms. The van der Waals surface area contributed by atoms with Gasteiger partial charge in [-0.05, 0) is 87.3 Å². The number of fused-ring (bicyclic) bond motifs is 2. The predicted molar refractivity (Wildman–Crippen MR) is 119 cm³/mol. The molecular formula is C26H30N2O4. The van der Waals surface area contributed by atoms with E-state index in [1.54, 1.807) is 22.8 Å². The summed E-state index contributed by atoms with van der Waals surface area (Å²) in [6.45, 7) is 0.552. The van der Waals surface area contributed by atoms with E-state index in [-0.39, 0.29) is 23.4 Å². The maximum Gasteiger partial charge on any atom is 0.338 e. The van der Waals surface area contributed by atoms with Gasteiger partial charge in [-0.2, -0.15) is 0 Å². The number of hydrogen-bond acceptors (Lipinski definition) is 5. The Morgan fingerprint density at radius 3 is 2.47 bits per heavy atom. The minimum Gasteiger partial charge on any atom is -0.454 e. The van der Waals surface area contributed by atoms with Crippen molar-refractivity contribution in [2.45, 2.75) is 70.8 Å². The largest absolute Gasteiger partial charge is 0.454 e. The fourth-order valence-corrected chi connectivity index (χ4v) is 7.36. The summed E-state index contributed by atoms with van der Waals surface area (Å²) in [7, 11) is 0. The molecule has 4 saturated carbocycles. The molecule has 6 nitrogen and oxygen atoms in total. The summed E-state index contributed by atoms with van der Waals surface area (Å²) >= 11 is 0. The van der Waals surface area contributed by atoms with Gasteiger partial charge in [-0.3, -0.25) is 14.2 Å². The van der Waals surface area contributed by atoms with Crippen LogP contribution in [0.3, 0.4) is 0 Å². The third-order valence-electron chi connectivity index (χ3n) is 8.52. The molecule has 1 aromatic heterocycles. The molecule has 0 unspecified atom stereocenters. The number of Topliss-reactive ketones (excluding diaryl/α,β-unsaturated/α-hetero) is 1. The van der Waals surface area contributed by atoms with Crippen molar-refractivity contribution >= 4 is 22.7 Å². The minimum absolute atomic E-state index is 0.0381. The number of rotatable bonds is 4. The highest BCUT2D eigenvalue weighted by atomic mass is 16.5. The average Bonchev–Trinajstić information content (AvgIpc) is 3.02. The zero-order chi connectivity index (χ0) is 21.9. The van der Waals surface area contributed by atoms with E-state index in [0.717, 1.165) is 50.8 Å². The molecule has 2 heterocycles. The van der Waals surface area contributed by atoms with E-state index in [4.69, 9.17) is 4.74 Å². The Morgan fingerprint density at radius 2 is 1.75 bits per heavy atom. The first-order valence-electron chi connectivity index (χ1n) is 12.2. The van der Waals surface area contributed by atoms with Gasteiger partial charge < -0.3 is 4.74 Å². The lowest BCUT2D eigenvalue weighted by atomic mass is 9.48. The molecule has 0 amide bonds. The van der Waals surface area contributed by atoms with Crippen LogP contribution in [0, 0.1) is 23.2 Å². The van der Waals surface area contributed by atoms with Gasteiger partial charge in [0.05, 0.1) is 16.5 Å². The van der Waals surface area contributed by atoms with Gasteiger partial charge in [0, 0.05) is 18.4 Å². The van der Waals surface area contributed by atoms with Gasteiger partial charge in [-0.15, -0.1) is 0 Å². The highest BCUT2D eigenvalue weighted by molar-refractivity contribution is 5.96. The second-order valence-corrected chi connectivity index (χ2v) is 10.7. The summed E-state index contributed by atoms with van der Waals surface area (Å²) in [5.41, 5.74) is 0.585. The summed E-state index contributed by atoms with van der Waals surface area (Å²) in [6, 6.07) is 4.92. The number of aryl methyl sites for hydroxylation is 1. The average molecular weight is 435 g/mol. The lowest BCUT2D eigenvalue weighted by Crippen LogP contribution is -2.51. The lowest BCUT2D eigenvalue weighted by Gasteiger charge is -2.55. The Labute approximate surface area is 187 Å². The van der Waals surface area contributed by atoms with E-state index < -0.39 is 5.97 Å². The van der Waals surface area contributed by atoms with Crippen molar-refractivity contribution in [2.75, 3.05) is 6.61 Å². The van der Waals surface area contributed by atoms with Crippen LogP contribution in [0.1, 0.15) is 74.0 Å². The molecule has 1 aromatic carbocycles. The highest BCUT2D eigenvalue weighted by Gasteiger charge is 2.54. The number of ether oxygens (including phenoxy) is 1. The van der Waals surface area contributed by atoms with Crippen molar-refractivity contribution in [1.82, 2.24) is 9.55 Å². The second kappa shape index (κ2) is 7.53. The van der Waals surface area contributed by atoms with Gasteiger partial charge in [-0.25, -0.2) is 9.78 Å². The first-order chi connectivity index (χ1) is 15.5. The lowest BCUT2D eigenvalue weighted by molar-refractivity contribution is -0.147. The van der Waals surface area contributed by atoms with Crippen molar-refractivity contribution < 1.29 is 14.3 Å². The standard InChI is InChI=1S/C26H30N2O4/c29-22(26-12-16-8-17(13-26)10-18(9-16)14-26)15-32-25(31)19-5-6-20-21(11-19)27-23-4-2-1-3-7-28(23)24(20)30/h5-6,11,16-18H,1-4,7-10,12-15H2. The van der Waals surface area contributed by atoms with Gasteiger partial charge in [0.1, 0.15) is 5.82 Å². The zero-order valence-corrected chi connectivity index (χ0v) is 18.5. The first kappa shape index (κ1) is 20.1. The van der Waals surface area contributed by atoms with E-state index in [1.165, 1.54) is 19.3 Å². The number of ketones is 1. The van der Waals surface area contributed by atoms with Crippen LogP contribution in [0.2, 0.25) is 0 Å². The van der Waals surface area contributed by atoms with Crippen molar-refractivity contribution in [3.8, 4) is 0 Å². The molecule has 7 rings (SSSR count). The molecule has 0 saturated heterocycles. The third kappa shape index (κ3) is 3.30. The zero-order valence-electron chi connectivity index (χ0n) is 18.5. The van der Waals surface area contributed by atoms with Crippen LogP contribution in [0.4, 0.5) is 0 Å². The van der Waals surface area contributed by atoms with E-state index in [0.29, 0.717) is 40.8 Å². The molecule has 0 N–H and O–H groups in total. The van der Waals surface area contributed by atoms with Crippen LogP contribution in [0.5, 0.6) is 0 Å². The Morgan fingerprint density at radius 1 is 1.03 bits per heavy atom. The molecular weight excluding hydrogens is 404 g/mol. The molecule has 5 aliphatic rings. The quantitative estimate of drug-likeness (QED) is 0.678. The van der Waals surface area contributed by atoms with Crippen LogP contribution in [0.25, 0.3) is 10.9 Å². The summed E-state index contributed by atoms with van der Waals surface area (Å²) in [4.78, 5) is 43.5. The number of benzene rings is 1. The summed E-state index contributed by atoms with van der Waals surface area (Å²) < 4.78 is 7.27. The monoisotopic (exact) mass is 434 g/mol. The molecule has 2 aromatic rings. The number of carbonyl (C=O) groups is 2. The summed E-state index contributed by atoms with van der Waals surface area (Å²) in [6.07, 6.45) is 10.6. The van der Waals surface area contributed by atoms with Crippen molar-refractivity contribution in [3.63, 3.8) is 0 Å². The fourth-order valence-electron chi connectivity index (χ4n) is 7.36. The van der Waals surface area contributed by atoms with Crippen LogP contribution in [-0.2, 0) is 22.5 Å². The number of hydrogen-bond donors (Lipinski definition) is 0. The Bertz CT molecular complexity index is 1130. The maximum atomic E-state index is 13.1. The van der Waals surface area contributed by atoms with Crippen molar-refractivity contribution in [2.24, 2.45) is 23.2 Å². The smallest absolute Gasteiger partial charge is 0.338 e. The number of aromatic nitrogens is 2. The topological polar surface area (TPSA) is 78.3 Å². The van der Waals surface area contributed by atoms with Crippen LogP contribution >= 0.6 is 0 Å². The van der Waals surface area contributed by atoms with Gasteiger partial charge in [0.25, 0.3) is 5.56 Å².